The van der Waals surface area contributed by atoms with Crippen molar-refractivity contribution in [2.75, 3.05) is 26.3 Å². The zero-order valence-electron chi connectivity index (χ0n) is 14.9. The second-order valence-corrected chi connectivity index (χ2v) is 7.22. The van der Waals surface area contributed by atoms with Crippen molar-refractivity contribution in [3.63, 3.8) is 0 Å². The van der Waals surface area contributed by atoms with E-state index in [2.05, 4.69) is 20.2 Å². The van der Waals surface area contributed by atoms with Crippen LogP contribution in [0, 0.1) is 5.82 Å². The van der Waals surface area contributed by atoms with Crippen LogP contribution < -0.4 is 5.32 Å². The number of benzene rings is 1. The van der Waals surface area contributed by atoms with E-state index in [-0.39, 0.29) is 11.7 Å². The van der Waals surface area contributed by atoms with Crippen LogP contribution in [-0.2, 0) is 16.1 Å². The second-order valence-electron chi connectivity index (χ2n) is 7.22. The molecule has 0 bridgehead atoms. The van der Waals surface area contributed by atoms with E-state index in [9.17, 15) is 9.18 Å². The monoisotopic (exact) mass is 360 g/mol. The third-order valence-corrected chi connectivity index (χ3v) is 5.63. The highest BCUT2D eigenvalue weighted by Crippen LogP contribution is 2.34. The highest BCUT2D eigenvalue weighted by Gasteiger charge is 2.44. The summed E-state index contributed by atoms with van der Waals surface area (Å²) in [6.07, 6.45) is 5.13. The molecule has 2 aromatic rings. The number of H-pyrrole nitrogens is 1. The molecule has 7 heteroatoms. The van der Waals surface area contributed by atoms with E-state index >= 15 is 0 Å². The van der Waals surface area contributed by atoms with Gasteiger partial charge in [-0.15, -0.1) is 0 Å². The molecule has 1 amide bonds. The number of rotatable bonds is 4. The predicted octanol–water partition coefficient (Wildman–Crippen LogP) is 2.35. The summed E-state index contributed by atoms with van der Waals surface area (Å²) >= 11 is 0. The molecule has 1 aliphatic carbocycles. The number of morpholine rings is 1. The van der Waals surface area contributed by atoms with E-state index in [1.54, 1.807) is 6.07 Å². The van der Waals surface area contributed by atoms with Gasteiger partial charge in [0.25, 0.3) is 0 Å². The van der Waals surface area contributed by atoms with Crippen LogP contribution >= 0.6 is 0 Å². The van der Waals surface area contributed by atoms with Crippen molar-refractivity contribution in [3.05, 3.63) is 29.8 Å². The van der Waals surface area contributed by atoms with Crippen molar-refractivity contribution in [2.24, 2.45) is 0 Å². The Morgan fingerprint density at radius 3 is 2.81 bits per heavy atom. The number of ether oxygens (including phenoxy) is 1. The molecule has 1 aromatic carbocycles. The van der Waals surface area contributed by atoms with Crippen LogP contribution in [0.4, 0.5) is 4.39 Å². The minimum atomic E-state index is -0.430. The number of fused-ring (bicyclic) bond motifs is 1. The Morgan fingerprint density at radius 1 is 1.27 bits per heavy atom. The van der Waals surface area contributed by atoms with Gasteiger partial charge in [0.05, 0.1) is 30.8 Å². The molecule has 2 heterocycles. The number of amides is 1. The maximum absolute atomic E-state index is 13.3. The molecule has 0 radical (unpaired) electrons. The molecule has 1 saturated carbocycles. The molecule has 1 aliphatic heterocycles. The summed E-state index contributed by atoms with van der Waals surface area (Å²) in [5.41, 5.74) is 0.922. The number of hydrogen-bond acceptors (Lipinski definition) is 4. The summed E-state index contributed by atoms with van der Waals surface area (Å²) in [5.74, 6) is 0.419. The first kappa shape index (κ1) is 17.4. The summed E-state index contributed by atoms with van der Waals surface area (Å²) in [6, 6.07) is 4.45. The maximum atomic E-state index is 13.3. The highest BCUT2D eigenvalue weighted by atomic mass is 19.1. The number of nitrogens with zero attached hydrogens (tertiary/aromatic N) is 2. The standard InChI is InChI=1S/C19H25FN4O2/c20-14-4-5-15-16(12-14)23-17(22-15)13-21-18(25)19(6-2-1-3-7-19)24-8-10-26-11-9-24/h4-5,12H,1-3,6-11,13H2,(H,21,25)(H,22,23). The number of nitrogens with one attached hydrogen (secondary N) is 2. The average Bonchev–Trinajstić information content (AvgIpc) is 3.09. The zero-order chi connectivity index (χ0) is 18.0. The highest BCUT2D eigenvalue weighted by molar-refractivity contribution is 5.86. The van der Waals surface area contributed by atoms with Gasteiger partial charge in [-0.25, -0.2) is 9.37 Å². The molecule has 6 nitrogen and oxygen atoms in total. The molecule has 1 saturated heterocycles. The van der Waals surface area contributed by atoms with Crippen LogP contribution in [0.25, 0.3) is 11.0 Å². The summed E-state index contributed by atoms with van der Waals surface area (Å²) in [6.45, 7) is 3.30. The fourth-order valence-corrected chi connectivity index (χ4v) is 4.26. The van der Waals surface area contributed by atoms with E-state index in [4.69, 9.17) is 4.74 Å². The number of carbonyl (C=O) groups excluding carboxylic acids is 1. The number of aromatic amines is 1. The van der Waals surface area contributed by atoms with Gasteiger partial charge >= 0.3 is 0 Å². The maximum Gasteiger partial charge on any atom is 0.240 e. The number of carbonyl (C=O) groups is 1. The summed E-state index contributed by atoms with van der Waals surface area (Å²) in [5, 5.41) is 3.07. The van der Waals surface area contributed by atoms with Crippen LogP contribution in [-0.4, -0.2) is 52.6 Å². The number of hydrogen-bond donors (Lipinski definition) is 2. The van der Waals surface area contributed by atoms with Gasteiger partial charge in [0.2, 0.25) is 5.91 Å². The topological polar surface area (TPSA) is 70.2 Å². The third-order valence-electron chi connectivity index (χ3n) is 5.63. The molecule has 4 rings (SSSR count). The molecule has 2 aliphatic rings. The van der Waals surface area contributed by atoms with Crippen LogP contribution in [0.2, 0.25) is 0 Å². The lowest BCUT2D eigenvalue weighted by molar-refractivity contribution is -0.140. The molecule has 26 heavy (non-hydrogen) atoms. The van der Waals surface area contributed by atoms with Gasteiger partial charge in [0.15, 0.2) is 0 Å². The molecule has 1 aromatic heterocycles. The number of aromatic nitrogens is 2. The minimum absolute atomic E-state index is 0.0748. The summed E-state index contributed by atoms with van der Waals surface area (Å²) in [7, 11) is 0. The van der Waals surface area contributed by atoms with E-state index in [0.29, 0.717) is 36.6 Å². The minimum Gasteiger partial charge on any atom is -0.379 e. The Kier molecular flexibility index (Phi) is 4.91. The van der Waals surface area contributed by atoms with Crippen molar-refractivity contribution < 1.29 is 13.9 Å². The van der Waals surface area contributed by atoms with Gasteiger partial charge in [-0.05, 0) is 31.0 Å². The fraction of sp³-hybridized carbons (Fsp3) is 0.579. The molecular weight excluding hydrogens is 335 g/mol. The van der Waals surface area contributed by atoms with Gasteiger partial charge in [0, 0.05) is 13.1 Å². The van der Waals surface area contributed by atoms with Crippen molar-refractivity contribution in [1.82, 2.24) is 20.2 Å². The quantitative estimate of drug-likeness (QED) is 0.878. The Morgan fingerprint density at radius 2 is 2.04 bits per heavy atom. The molecule has 140 valence electrons. The SMILES string of the molecule is O=C(NCc1nc2ccc(F)cc2[nH]1)C1(N2CCOCC2)CCCCC1. The van der Waals surface area contributed by atoms with Gasteiger partial charge in [0.1, 0.15) is 17.2 Å². The third kappa shape index (κ3) is 3.33. The molecule has 0 unspecified atom stereocenters. The van der Waals surface area contributed by atoms with E-state index in [1.807, 2.05) is 0 Å². The van der Waals surface area contributed by atoms with Crippen molar-refractivity contribution in [1.29, 1.82) is 0 Å². The lowest BCUT2D eigenvalue weighted by Crippen LogP contribution is -2.62. The fourth-order valence-electron chi connectivity index (χ4n) is 4.26. The predicted molar refractivity (Wildman–Crippen MR) is 96.1 cm³/mol. The molecule has 2 fully saturated rings. The lowest BCUT2D eigenvalue weighted by Gasteiger charge is -2.46. The first-order chi connectivity index (χ1) is 12.7. The summed E-state index contributed by atoms with van der Waals surface area (Å²) < 4.78 is 18.8. The zero-order valence-corrected chi connectivity index (χ0v) is 14.9. The Bertz CT molecular complexity index is 779. The van der Waals surface area contributed by atoms with Gasteiger partial charge in [-0.3, -0.25) is 9.69 Å². The molecular formula is C19H25FN4O2. The van der Waals surface area contributed by atoms with E-state index < -0.39 is 5.54 Å². The van der Waals surface area contributed by atoms with Gasteiger partial charge in [-0.2, -0.15) is 0 Å². The van der Waals surface area contributed by atoms with E-state index in [1.165, 1.54) is 18.6 Å². The van der Waals surface area contributed by atoms with Crippen molar-refractivity contribution in [2.45, 2.75) is 44.2 Å². The summed E-state index contributed by atoms with van der Waals surface area (Å²) in [4.78, 5) is 23.0. The first-order valence-corrected chi connectivity index (χ1v) is 9.43. The Hall–Kier alpha value is -1.99. The van der Waals surface area contributed by atoms with Crippen LogP contribution in [0.3, 0.4) is 0 Å². The largest absolute Gasteiger partial charge is 0.379 e. The van der Waals surface area contributed by atoms with Crippen LogP contribution in [0.1, 0.15) is 37.9 Å². The smallest absolute Gasteiger partial charge is 0.240 e. The molecule has 2 N–H and O–H groups in total. The van der Waals surface area contributed by atoms with Gasteiger partial charge < -0.3 is 15.0 Å². The Labute approximate surface area is 152 Å². The van der Waals surface area contributed by atoms with Crippen molar-refractivity contribution >= 4 is 16.9 Å². The Balaban J connectivity index is 1.48. The second kappa shape index (κ2) is 7.32. The van der Waals surface area contributed by atoms with Crippen LogP contribution in [0.15, 0.2) is 18.2 Å². The molecule has 0 atom stereocenters. The van der Waals surface area contributed by atoms with Crippen molar-refractivity contribution in [3.8, 4) is 0 Å². The lowest BCUT2D eigenvalue weighted by atomic mass is 9.79. The van der Waals surface area contributed by atoms with Crippen LogP contribution in [0.5, 0.6) is 0 Å². The number of halogens is 1. The first-order valence-electron chi connectivity index (χ1n) is 9.43. The normalized spacial score (nSPS) is 21.0. The number of imidazole rings is 1. The van der Waals surface area contributed by atoms with E-state index in [0.717, 1.165) is 38.8 Å². The van der Waals surface area contributed by atoms with Gasteiger partial charge in [-0.1, -0.05) is 19.3 Å². The average molecular weight is 360 g/mol. The molecule has 0 spiro atoms.